The fraction of sp³-hybridized carbons (Fsp3) is 0.182. The summed E-state index contributed by atoms with van der Waals surface area (Å²) >= 11 is 0. The number of fused-ring (bicyclic) bond motifs is 1. The summed E-state index contributed by atoms with van der Waals surface area (Å²) in [5, 5.41) is 6.73. The topological polar surface area (TPSA) is 108 Å². The molecule has 1 fully saturated rings. The van der Waals surface area contributed by atoms with Crippen LogP contribution in [-0.2, 0) is 11.3 Å². The van der Waals surface area contributed by atoms with E-state index in [4.69, 9.17) is 4.74 Å². The molecule has 6 rings (SSSR count). The van der Waals surface area contributed by atoms with Gasteiger partial charge in [0.2, 0.25) is 0 Å². The molecule has 3 aromatic carbocycles. The molecule has 0 radical (unpaired) electrons. The number of nitrogens with zero attached hydrogens (tertiary/aromatic N) is 2. The molecule has 3 heterocycles. The molecule has 1 saturated heterocycles. The SMILES string of the molecule is O=C(Nc1ccc(C(=O)c2ccc(NC(=O)c3ccc[nH]3)cc2)cc1)c1ccc2c(ccn2CCN2CCOCC2)c1. The van der Waals surface area contributed by atoms with Gasteiger partial charge in [-0.15, -0.1) is 0 Å². The van der Waals surface area contributed by atoms with E-state index in [2.05, 4.69) is 31.3 Å². The Kier molecular flexibility index (Phi) is 7.94. The summed E-state index contributed by atoms with van der Waals surface area (Å²) in [4.78, 5) is 43.4. The summed E-state index contributed by atoms with van der Waals surface area (Å²) in [7, 11) is 0. The quantitative estimate of drug-likeness (QED) is 0.219. The summed E-state index contributed by atoms with van der Waals surface area (Å²) in [6, 6.07) is 24.8. The Bertz CT molecular complexity index is 1700. The van der Waals surface area contributed by atoms with Crippen molar-refractivity contribution in [3.63, 3.8) is 0 Å². The molecule has 1 aliphatic rings. The molecule has 212 valence electrons. The molecule has 0 saturated carbocycles. The molecule has 1 aliphatic heterocycles. The van der Waals surface area contributed by atoms with Crippen molar-refractivity contribution in [3.05, 3.63) is 120 Å². The van der Waals surface area contributed by atoms with Gasteiger partial charge in [0.25, 0.3) is 11.8 Å². The van der Waals surface area contributed by atoms with Crippen LogP contribution in [0.15, 0.2) is 97.3 Å². The number of aromatic nitrogens is 2. The fourth-order valence-electron chi connectivity index (χ4n) is 5.06. The summed E-state index contributed by atoms with van der Waals surface area (Å²) in [5.41, 5.74) is 4.30. The third-order valence-corrected chi connectivity index (χ3v) is 7.45. The Hall–Kier alpha value is -4.99. The third kappa shape index (κ3) is 6.17. The smallest absolute Gasteiger partial charge is 0.272 e. The predicted octanol–water partition coefficient (Wildman–Crippen LogP) is 5.04. The Morgan fingerprint density at radius 3 is 2.02 bits per heavy atom. The van der Waals surface area contributed by atoms with E-state index in [1.807, 2.05) is 24.3 Å². The number of ether oxygens (including phenoxy) is 1. The average Bonchev–Trinajstić information content (AvgIpc) is 3.71. The van der Waals surface area contributed by atoms with Crippen LogP contribution in [0.1, 0.15) is 36.8 Å². The zero-order valence-corrected chi connectivity index (χ0v) is 23.0. The first-order chi connectivity index (χ1) is 20.5. The summed E-state index contributed by atoms with van der Waals surface area (Å²) in [5.74, 6) is -0.623. The molecule has 5 aromatic rings. The number of amides is 2. The van der Waals surface area contributed by atoms with Crippen molar-refractivity contribution < 1.29 is 19.1 Å². The van der Waals surface area contributed by atoms with Crippen LogP contribution in [0.25, 0.3) is 10.9 Å². The number of rotatable bonds is 9. The maximum absolute atomic E-state index is 13.0. The van der Waals surface area contributed by atoms with E-state index < -0.39 is 0 Å². The number of carbonyl (C=O) groups is 3. The number of benzene rings is 3. The standard InChI is InChI=1S/C33H31N5O4/c39-31(24-5-10-28(11-6-24)36-33(41)29-2-1-14-34-29)23-3-8-27(9-4-23)35-32(40)26-7-12-30-25(22-26)13-15-38(30)17-16-37-18-20-42-21-19-37/h1-15,22,34H,16-21H2,(H,35,40)(H,36,41). The number of nitrogens with one attached hydrogen (secondary N) is 3. The van der Waals surface area contributed by atoms with Gasteiger partial charge in [-0.05, 0) is 84.9 Å². The first-order valence-corrected chi connectivity index (χ1v) is 13.9. The van der Waals surface area contributed by atoms with Gasteiger partial charge in [-0.2, -0.15) is 0 Å². The van der Waals surface area contributed by atoms with Gasteiger partial charge in [0, 0.05) is 77.5 Å². The first kappa shape index (κ1) is 27.2. The molecule has 3 N–H and O–H groups in total. The highest BCUT2D eigenvalue weighted by molar-refractivity contribution is 6.10. The lowest BCUT2D eigenvalue weighted by molar-refractivity contribution is 0.0365. The summed E-state index contributed by atoms with van der Waals surface area (Å²) in [6.07, 6.45) is 3.75. The van der Waals surface area contributed by atoms with E-state index in [1.165, 1.54) is 0 Å². The van der Waals surface area contributed by atoms with Crippen molar-refractivity contribution in [1.29, 1.82) is 0 Å². The van der Waals surface area contributed by atoms with Gasteiger partial charge in [0.15, 0.2) is 5.78 Å². The normalized spacial score (nSPS) is 13.6. The molecular weight excluding hydrogens is 530 g/mol. The molecule has 0 aliphatic carbocycles. The van der Waals surface area contributed by atoms with E-state index in [1.54, 1.807) is 66.9 Å². The minimum Gasteiger partial charge on any atom is -0.379 e. The zero-order valence-electron chi connectivity index (χ0n) is 23.0. The van der Waals surface area contributed by atoms with Crippen molar-refractivity contribution in [1.82, 2.24) is 14.5 Å². The summed E-state index contributed by atoms with van der Waals surface area (Å²) < 4.78 is 7.65. The van der Waals surface area contributed by atoms with E-state index >= 15 is 0 Å². The minimum absolute atomic E-state index is 0.154. The molecule has 0 bridgehead atoms. The minimum atomic E-state index is -0.255. The predicted molar refractivity (Wildman–Crippen MR) is 162 cm³/mol. The van der Waals surface area contributed by atoms with Crippen LogP contribution in [-0.4, -0.2) is 64.9 Å². The fourth-order valence-corrected chi connectivity index (χ4v) is 5.06. The molecule has 2 amide bonds. The van der Waals surface area contributed by atoms with E-state index in [-0.39, 0.29) is 17.6 Å². The molecule has 0 atom stereocenters. The number of aromatic amines is 1. The first-order valence-electron chi connectivity index (χ1n) is 13.9. The van der Waals surface area contributed by atoms with Crippen molar-refractivity contribution in [2.45, 2.75) is 6.54 Å². The number of ketones is 1. The van der Waals surface area contributed by atoms with Gasteiger partial charge in [0.05, 0.1) is 13.2 Å². The molecular formula is C33H31N5O4. The highest BCUT2D eigenvalue weighted by Crippen LogP contribution is 2.21. The highest BCUT2D eigenvalue weighted by Gasteiger charge is 2.14. The second-order valence-electron chi connectivity index (χ2n) is 10.2. The van der Waals surface area contributed by atoms with E-state index in [0.29, 0.717) is 33.8 Å². The number of hydrogen-bond donors (Lipinski definition) is 3. The van der Waals surface area contributed by atoms with Crippen molar-refractivity contribution >= 4 is 39.9 Å². The van der Waals surface area contributed by atoms with Crippen LogP contribution in [0.5, 0.6) is 0 Å². The van der Waals surface area contributed by atoms with Crippen LogP contribution in [0.2, 0.25) is 0 Å². The van der Waals surface area contributed by atoms with Crippen molar-refractivity contribution in [2.24, 2.45) is 0 Å². The molecule has 0 unspecified atom stereocenters. The van der Waals surface area contributed by atoms with Crippen molar-refractivity contribution in [3.8, 4) is 0 Å². The van der Waals surface area contributed by atoms with Gasteiger partial charge in [-0.1, -0.05) is 0 Å². The van der Waals surface area contributed by atoms with Gasteiger partial charge >= 0.3 is 0 Å². The van der Waals surface area contributed by atoms with Gasteiger partial charge < -0.3 is 24.9 Å². The van der Waals surface area contributed by atoms with Crippen LogP contribution < -0.4 is 10.6 Å². The zero-order chi connectivity index (χ0) is 28.9. The molecule has 0 spiro atoms. The van der Waals surface area contributed by atoms with Crippen LogP contribution >= 0.6 is 0 Å². The Balaban J connectivity index is 1.05. The van der Waals surface area contributed by atoms with Crippen molar-refractivity contribution in [2.75, 3.05) is 43.5 Å². The molecule has 9 heteroatoms. The molecule has 2 aromatic heterocycles. The Morgan fingerprint density at radius 1 is 0.738 bits per heavy atom. The highest BCUT2D eigenvalue weighted by atomic mass is 16.5. The second-order valence-corrected chi connectivity index (χ2v) is 10.2. The monoisotopic (exact) mass is 561 g/mol. The Labute approximate surface area is 243 Å². The van der Waals surface area contributed by atoms with Gasteiger partial charge in [-0.25, -0.2) is 0 Å². The van der Waals surface area contributed by atoms with Crippen LogP contribution in [0, 0.1) is 0 Å². The van der Waals surface area contributed by atoms with Gasteiger partial charge in [-0.3, -0.25) is 19.3 Å². The lowest BCUT2D eigenvalue weighted by atomic mass is 10.0. The third-order valence-electron chi connectivity index (χ3n) is 7.45. The number of morpholine rings is 1. The molecule has 42 heavy (non-hydrogen) atoms. The lowest BCUT2D eigenvalue weighted by Gasteiger charge is -2.26. The van der Waals surface area contributed by atoms with E-state index in [0.717, 1.165) is 50.3 Å². The summed E-state index contributed by atoms with van der Waals surface area (Å²) in [6.45, 7) is 5.34. The Morgan fingerprint density at radius 2 is 1.38 bits per heavy atom. The molecule has 9 nitrogen and oxygen atoms in total. The van der Waals surface area contributed by atoms with E-state index in [9.17, 15) is 14.4 Å². The van der Waals surface area contributed by atoms with Gasteiger partial charge in [0.1, 0.15) is 5.69 Å². The number of hydrogen-bond acceptors (Lipinski definition) is 5. The lowest BCUT2D eigenvalue weighted by Crippen LogP contribution is -2.38. The maximum atomic E-state index is 13.0. The number of H-pyrrole nitrogens is 1. The number of anilines is 2. The average molecular weight is 562 g/mol. The van der Waals surface area contributed by atoms with Crippen LogP contribution in [0.4, 0.5) is 11.4 Å². The second kappa shape index (κ2) is 12.3. The number of carbonyl (C=O) groups excluding carboxylic acids is 3. The largest absolute Gasteiger partial charge is 0.379 e. The van der Waals surface area contributed by atoms with Crippen LogP contribution in [0.3, 0.4) is 0 Å². The maximum Gasteiger partial charge on any atom is 0.272 e.